The van der Waals surface area contributed by atoms with Crippen LogP contribution in [0, 0.1) is 5.41 Å². The van der Waals surface area contributed by atoms with E-state index >= 15 is 0 Å². The van der Waals surface area contributed by atoms with Crippen LogP contribution in [0.2, 0.25) is 0 Å². The molecule has 0 atom stereocenters. The van der Waals surface area contributed by atoms with Gasteiger partial charge in [0.25, 0.3) is 0 Å². The molecule has 1 aliphatic carbocycles. The van der Waals surface area contributed by atoms with Crippen molar-refractivity contribution >= 4 is 23.3 Å². The highest BCUT2D eigenvalue weighted by molar-refractivity contribution is 6.01. The van der Waals surface area contributed by atoms with Crippen LogP contribution in [0.4, 0.5) is 11.4 Å². The number of hydrogen-bond donors (Lipinski definition) is 2. The van der Waals surface area contributed by atoms with Gasteiger partial charge in [0.05, 0.1) is 22.4 Å². The molecular formula is C15H18N2O3. The number of amides is 1. The first-order valence-electron chi connectivity index (χ1n) is 6.92. The Morgan fingerprint density at radius 1 is 1.35 bits per heavy atom. The molecule has 20 heavy (non-hydrogen) atoms. The molecule has 1 fully saturated rings. The van der Waals surface area contributed by atoms with Gasteiger partial charge in [0.15, 0.2) is 0 Å². The summed E-state index contributed by atoms with van der Waals surface area (Å²) < 4.78 is 0. The van der Waals surface area contributed by atoms with Crippen LogP contribution in [0.25, 0.3) is 0 Å². The molecule has 5 heteroatoms. The Morgan fingerprint density at radius 2 is 2.05 bits per heavy atom. The fourth-order valence-corrected chi connectivity index (χ4v) is 3.39. The number of anilines is 2. The first-order chi connectivity index (χ1) is 9.52. The normalized spacial score (nSPS) is 20.4. The summed E-state index contributed by atoms with van der Waals surface area (Å²) in [5, 5.41) is 12.1. The summed E-state index contributed by atoms with van der Waals surface area (Å²) in [4.78, 5) is 25.6. The number of carboxylic acid groups (broad SMARTS) is 1. The van der Waals surface area contributed by atoms with Crippen LogP contribution in [0.15, 0.2) is 18.2 Å². The smallest absolute Gasteiger partial charge is 0.335 e. The lowest BCUT2D eigenvalue weighted by atomic mass is 9.85. The van der Waals surface area contributed by atoms with E-state index in [0.29, 0.717) is 12.2 Å². The van der Waals surface area contributed by atoms with Gasteiger partial charge in [0.2, 0.25) is 5.91 Å². The number of carbonyl (C=O) groups is 2. The Labute approximate surface area is 117 Å². The summed E-state index contributed by atoms with van der Waals surface area (Å²) in [5.74, 6) is -0.879. The van der Waals surface area contributed by atoms with E-state index in [1.807, 2.05) is 11.9 Å². The van der Waals surface area contributed by atoms with Gasteiger partial charge in [-0.2, -0.15) is 0 Å². The number of carbonyl (C=O) groups excluding carboxylic acids is 1. The van der Waals surface area contributed by atoms with Crippen LogP contribution < -0.4 is 10.2 Å². The SMILES string of the molecule is CN1CC2(CCCC2)C(=O)Nc2ccc(C(=O)O)cc21. The van der Waals surface area contributed by atoms with Gasteiger partial charge in [0.1, 0.15) is 0 Å². The van der Waals surface area contributed by atoms with E-state index < -0.39 is 5.97 Å². The monoisotopic (exact) mass is 274 g/mol. The van der Waals surface area contributed by atoms with Gasteiger partial charge in [-0.25, -0.2) is 4.79 Å². The van der Waals surface area contributed by atoms with Crippen LogP contribution in [-0.2, 0) is 4.79 Å². The molecule has 0 saturated heterocycles. The van der Waals surface area contributed by atoms with Crippen molar-refractivity contribution in [3.63, 3.8) is 0 Å². The molecule has 106 valence electrons. The van der Waals surface area contributed by atoms with E-state index in [9.17, 15) is 9.59 Å². The van der Waals surface area contributed by atoms with Crippen molar-refractivity contribution in [2.24, 2.45) is 5.41 Å². The number of hydrogen-bond acceptors (Lipinski definition) is 3. The maximum Gasteiger partial charge on any atom is 0.335 e. The molecule has 5 nitrogen and oxygen atoms in total. The molecule has 2 aliphatic rings. The summed E-state index contributed by atoms with van der Waals surface area (Å²) in [5.41, 5.74) is 1.40. The first-order valence-corrected chi connectivity index (χ1v) is 6.92. The molecule has 0 radical (unpaired) electrons. The number of carboxylic acids is 1. The Bertz CT molecular complexity index is 576. The van der Waals surface area contributed by atoms with E-state index in [-0.39, 0.29) is 16.9 Å². The molecule has 3 rings (SSSR count). The topological polar surface area (TPSA) is 69.6 Å². The zero-order chi connectivity index (χ0) is 14.3. The molecule has 2 N–H and O–H groups in total. The minimum Gasteiger partial charge on any atom is -0.478 e. The molecule has 0 aromatic heterocycles. The summed E-state index contributed by atoms with van der Waals surface area (Å²) in [6.07, 6.45) is 3.97. The van der Waals surface area contributed by atoms with Crippen LogP contribution in [0.5, 0.6) is 0 Å². The number of benzene rings is 1. The third-order valence-electron chi connectivity index (χ3n) is 4.49. The quantitative estimate of drug-likeness (QED) is 0.824. The summed E-state index contributed by atoms with van der Waals surface area (Å²) in [7, 11) is 1.92. The predicted octanol–water partition coefficient (Wildman–Crippen LogP) is 2.33. The first kappa shape index (κ1) is 13.0. The van der Waals surface area contributed by atoms with Gasteiger partial charge in [0, 0.05) is 13.6 Å². The Hall–Kier alpha value is -2.04. The molecule has 1 aromatic rings. The van der Waals surface area contributed by atoms with E-state index in [1.165, 1.54) is 6.07 Å². The van der Waals surface area contributed by atoms with Gasteiger partial charge in [-0.1, -0.05) is 12.8 Å². The fourth-order valence-electron chi connectivity index (χ4n) is 3.39. The van der Waals surface area contributed by atoms with Crippen molar-refractivity contribution in [3.8, 4) is 0 Å². The average molecular weight is 274 g/mol. The van der Waals surface area contributed by atoms with E-state index in [4.69, 9.17) is 5.11 Å². The highest BCUT2D eigenvalue weighted by atomic mass is 16.4. The fraction of sp³-hybridized carbons (Fsp3) is 0.467. The third-order valence-corrected chi connectivity index (χ3v) is 4.49. The molecule has 1 saturated carbocycles. The standard InChI is InChI=1S/C15H18N2O3/c1-17-9-15(6-2-3-7-15)14(20)16-11-5-4-10(13(18)19)8-12(11)17/h4-5,8H,2-3,6-7,9H2,1H3,(H,16,20)(H,18,19). The zero-order valence-corrected chi connectivity index (χ0v) is 11.5. The minimum atomic E-state index is -0.952. The van der Waals surface area contributed by atoms with Crippen LogP contribution in [-0.4, -0.2) is 30.6 Å². The van der Waals surface area contributed by atoms with Crippen molar-refractivity contribution < 1.29 is 14.7 Å². The summed E-state index contributed by atoms with van der Waals surface area (Å²) in [6, 6.07) is 4.84. The van der Waals surface area contributed by atoms with E-state index in [0.717, 1.165) is 31.4 Å². The molecule has 1 amide bonds. The second-order valence-electron chi connectivity index (χ2n) is 5.83. The highest BCUT2D eigenvalue weighted by Crippen LogP contribution is 2.43. The zero-order valence-electron chi connectivity index (χ0n) is 11.5. The molecule has 1 aliphatic heterocycles. The molecule has 1 aromatic carbocycles. The van der Waals surface area contributed by atoms with Crippen molar-refractivity contribution in [3.05, 3.63) is 23.8 Å². The molecule has 0 bridgehead atoms. The lowest BCUT2D eigenvalue weighted by Gasteiger charge is -2.29. The third kappa shape index (κ3) is 1.94. The van der Waals surface area contributed by atoms with Gasteiger partial charge >= 0.3 is 5.97 Å². The molecular weight excluding hydrogens is 256 g/mol. The number of nitrogens with zero attached hydrogens (tertiary/aromatic N) is 1. The minimum absolute atomic E-state index is 0.0728. The number of aromatic carboxylic acids is 1. The lowest BCUT2D eigenvalue weighted by molar-refractivity contribution is -0.124. The Kier molecular flexibility index (Phi) is 2.92. The highest BCUT2D eigenvalue weighted by Gasteiger charge is 2.44. The predicted molar refractivity (Wildman–Crippen MR) is 76.2 cm³/mol. The Balaban J connectivity index is 2.02. The van der Waals surface area contributed by atoms with Gasteiger partial charge in [-0.05, 0) is 31.0 Å². The van der Waals surface area contributed by atoms with Crippen LogP contribution in [0.1, 0.15) is 36.0 Å². The van der Waals surface area contributed by atoms with Gasteiger partial charge < -0.3 is 15.3 Å². The lowest BCUT2D eigenvalue weighted by Crippen LogP contribution is -2.40. The van der Waals surface area contributed by atoms with Crippen molar-refractivity contribution in [2.45, 2.75) is 25.7 Å². The second-order valence-corrected chi connectivity index (χ2v) is 5.83. The van der Waals surface area contributed by atoms with E-state index in [1.54, 1.807) is 12.1 Å². The molecule has 1 heterocycles. The molecule has 1 spiro atoms. The summed E-state index contributed by atoms with van der Waals surface area (Å²) >= 11 is 0. The number of rotatable bonds is 1. The van der Waals surface area contributed by atoms with Crippen LogP contribution in [0.3, 0.4) is 0 Å². The maximum atomic E-state index is 12.5. The van der Waals surface area contributed by atoms with Crippen molar-refractivity contribution in [2.75, 3.05) is 23.8 Å². The maximum absolute atomic E-state index is 12.5. The van der Waals surface area contributed by atoms with Gasteiger partial charge in [-0.3, -0.25) is 4.79 Å². The Morgan fingerprint density at radius 3 is 2.70 bits per heavy atom. The molecule has 0 unspecified atom stereocenters. The number of nitrogens with one attached hydrogen (secondary N) is 1. The van der Waals surface area contributed by atoms with Gasteiger partial charge in [-0.15, -0.1) is 0 Å². The largest absolute Gasteiger partial charge is 0.478 e. The van der Waals surface area contributed by atoms with Crippen molar-refractivity contribution in [1.29, 1.82) is 0 Å². The average Bonchev–Trinajstić information content (AvgIpc) is 2.84. The van der Waals surface area contributed by atoms with Crippen molar-refractivity contribution in [1.82, 2.24) is 0 Å². The van der Waals surface area contributed by atoms with E-state index in [2.05, 4.69) is 5.32 Å². The number of fused-ring (bicyclic) bond motifs is 1. The van der Waals surface area contributed by atoms with Crippen LogP contribution >= 0.6 is 0 Å². The summed E-state index contributed by atoms with van der Waals surface area (Å²) in [6.45, 7) is 0.648. The second kappa shape index (κ2) is 4.51.